The molecule has 0 heterocycles. The summed E-state index contributed by atoms with van der Waals surface area (Å²) < 4.78 is 62.9. The van der Waals surface area contributed by atoms with Crippen molar-refractivity contribution in [3.8, 4) is 11.5 Å². The summed E-state index contributed by atoms with van der Waals surface area (Å²) in [6.45, 7) is 0. The molecule has 0 aromatic heterocycles. The van der Waals surface area contributed by atoms with E-state index in [-0.39, 0.29) is 0 Å². The Morgan fingerprint density at radius 3 is 1.86 bits per heavy atom. The van der Waals surface area contributed by atoms with E-state index in [9.17, 15) is 27.0 Å². The number of phenolic OH excluding ortho intramolecular Hbond substituents is 2. The van der Waals surface area contributed by atoms with E-state index < -0.39 is 62.3 Å². The Morgan fingerprint density at radius 1 is 0.864 bits per heavy atom. The number of phenols is 2. The highest BCUT2D eigenvalue weighted by Gasteiger charge is 2.28. The van der Waals surface area contributed by atoms with Gasteiger partial charge in [-0.15, -0.1) is 0 Å². The highest BCUT2D eigenvalue weighted by atomic mass is 35.5. The molecule has 0 fully saturated rings. The van der Waals surface area contributed by atoms with Gasteiger partial charge in [0.1, 0.15) is 21.4 Å². The van der Waals surface area contributed by atoms with Crippen molar-refractivity contribution in [3.05, 3.63) is 22.2 Å². The number of hydrogen-bond acceptors (Lipinski definition) is 6. The van der Waals surface area contributed by atoms with Crippen molar-refractivity contribution in [2.45, 2.75) is 9.79 Å². The van der Waals surface area contributed by atoms with Crippen molar-refractivity contribution < 1.29 is 36.2 Å². The van der Waals surface area contributed by atoms with E-state index in [4.69, 9.17) is 32.3 Å². The number of fused-ring (bicyclic) bond motifs is 1. The smallest absolute Gasteiger partial charge is 0.297 e. The van der Waals surface area contributed by atoms with Crippen molar-refractivity contribution in [1.82, 2.24) is 0 Å². The second kappa shape index (κ2) is 5.11. The number of halogens is 2. The van der Waals surface area contributed by atoms with Gasteiger partial charge in [-0.1, -0.05) is 23.2 Å². The van der Waals surface area contributed by atoms with Gasteiger partial charge in [0.15, 0.2) is 0 Å². The minimum absolute atomic E-state index is 0.449. The molecule has 0 radical (unpaired) electrons. The molecule has 0 aliphatic heterocycles. The normalized spacial score (nSPS) is 12.7. The Hall–Kier alpha value is -1.30. The third-order valence-electron chi connectivity index (χ3n) is 2.73. The van der Waals surface area contributed by atoms with Gasteiger partial charge in [-0.25, -0.2) is 0 Å². The molecule has 2 aromatic rings. The lowest BCUT2D eigenvalue weighted by molar-refractivity contribution is 0.457. The van der Waals surface area contributed by atoms with Crippen LogP contribution in [0.3, 0.4) is 0 Å². The molecule has 2 rings (SSSR count). The Labute approximate surface area is 134 Å². The molecule has 22 heavy (non-hydrogen) atoms. The second-order valence-corrected chi connectivity index (χ2v) is 7.66. The zero-order valence-corrected chi connectivity index (χ0v) is 13.3. The van der Waals surface area contributed by atoms with Crippen LogP contribution in [0.1, 0.15) is 0 Å². The fraction of sp³-hybridized carbons (Fsp3) is 0. The highest BCUT2D eigenvalue weighted by Crippen LogP contribution is 2.47. The first kappa shape index (κ1) is 17.1. The Bertz CT molecular complexity index is 1010. The fourth-order valence-corrected chi connectivity index (χ4v) is 4.09. The Balaban J connectivity index is 3.15. The van der Waals surface area contributed by atoms with E-state index in [0.29, 0.717) is 12.1 Å². The first-order chi connectivity index (χ1) is 9.85. The molecular weight excluding hydrogens is 383 g/mol. The lowest BCUT2D eigenvalue weighted by atomic mass is 10.1. The minimum atomic E-state index is -4.96. The molecule has 0 amide bonds. The molecule has 0 saturated carbocycles. The highest BCUT2D eigenvalue weighted by molar-refractivity contribution is 7.86. The van der Waals surface area contributed by atoms with Gasteiger partial charge in [0.2, 0.25) is 0 Å². The summed E-state index contributed by atoms with van der Waals surface area (Å²) in [5.74, 6) is -1.76. The zero-order chi connectivity index (χ0) is 17.0. The van der Waals surface area contributed by atoms with Gasteiger partial charge < -0.3 is 10.2 Å². The summed E-state index contributed by atoms with van der Waals surface area (Å²) in [5, 5.41) is 17.1. The summed E-state index contributed by atoms with van der Waals surface area (Å²) in [6.07, 6.45) is 0. The van der Waals surface area contributed by atoms with Crippen LogP contribution in [0, 0.1) is 0 Å². The summed E-state index contributed by atoms with van der Waals surface area (Å²) in [5.41, 5.74) is 0. The van der Waals surface area contributed by atoms with E-state index in [1.165, 1.54) is 0 Å². The Morgan fingerprint density at radius 2 is 1.41 bits per heavy atom. The zero-order valence-electron chi connectivity index (χ0n) is 10.1. The number of hydrogen-bond donors (Lipinski definition) is 4. The SMILES string of the molecule is O=S(=O)(O)c1cc(O)c2c(O)c(Cl)c(S(=O)(=O)O)c(Cl)c2c1. The lowest BCUT2D eigenvalue weighted by Crippen LogP contribution is -2.03. The average molecular weight is 389 g/mol. The van der Waals surface area contributed by atoms with Crippen LogP contribution in [0.5, 0.6) is 11.5 Å². The van der Waals surface area contributed by atoms with Crippen LogP contribution in [0.15, 0.2) is 21.9 Å². The standard InChI is InChI=1S/C10H6Cl2O8S2/c11-7-4-1-3(21(15,16)17)2-5(13)6(4)9(14)8(12)10(7)22(18,19)20/h1-2,13-14H,(H,15,16,17)(H,18,19,20). The predicted octanol–water partition coefficient (Wildman–Crippen LogP) is 2.05. The van der Waals surface area contributed by atoms with Crippen molar-refractivity contribution in [1.29, 1.82) is 0 Å². The molecule has 0 unspecified atom stereocenters. The maximum absolute atomic E-state index is 11.3. The molecule has 4 N–H and O–H groups in total. The van der Waals surface area contributed by atoms with Gasteiger partial charge in [0.25, 0.3) is 20.2 Å². The van der Waals surface area contributed by atoms with Crippen molar-refractivity contribution in [3.63, 3.8) is 0 Å². The quantitative estimate of drug-likeness (QED) is 0.570. The lowest BCUT2D eigenvalue weighted by Gasteiger charge is -2.12. The number of aromatic hydroxyl groups is 2. The van der Waals surface area contributed by atoms with E-state index >= 15 is 0 Å². The van der Waals surface area contributed by atoms with Crippen LogP contribution in [-0.4, -0.2) is 36.2 Å². The van der Waals surface area contributed by atoms with Crippen LogP contribution in [0.2, 0.25) is 10.0 Å². The third-order valence-corrected chi connectivity index (χ3v) is 5.47. The van der Waals surface area contributed by atoms with Crippen LogP contribution in [0.25, 0.3) is 10.8 Å². The van der Waals surface area contributed by atoms with Gasteiger partial charge in [0.05, 0.1) is 15.3 Å². The van der Waals surface area contributed by atoms with E-state index in [1.54, 1.807) is 0 Å². The first-order valence-corrected chi connectivity index (χ1v) is 8.81. The molecule has 12 heteroatoms. The molecule has 0 spiro atoms. The van der Waals surface area contributed by atoms with E-state index in [0.717, 1.165) is 0 Å². The van der Waals surface area contributed by atoms with Crippen LogP contribution in [-0.2, 0) is 20.2 Å². The van der Waals surface area contributed by atoms with Gasteiger partial charge >= 0.3 is 0 Å². The van der Waals surface area contributed by atoms with Crippen molar-refractivity contribution in [2.75, 3.05) is 0 Å². The van der Waals surface area contributed by atoms with Crippen LogP contribution < -0.4 is 0 Å². The third kappa shape index (κ3) is 2.69. The molecule has 8 nitrogen and oxygen atoms in total. The first-order valence-electron chi connectivity index (χ1n) is 5.17. The van der Waals surface area contributed by atoms with E-state index in [2.05, 4.69) is 0 Å². The summed E-state index contributed by atoms with van der Waals surface area (Å²) in [6, 6.07) is 1.31. The maximum atomic E-state index is 11.3. The molecule has 0 atom stereocenters. The monoisotopic (exact) mass is 388 g/mol. The van der Waals surface area contributed by atoms with Gasteiger partial charge in [-0.05, 0) is 6.07 Å². The minimum Gasteiger partial charge on any atom is -0.507 e. The van der Waals surface area contributed by atoms with Crippen molar-refractivity contribution >= 4 is 54.2 Å². The van der Waals surface area contributed by atoms with E-state index in [1.807, 2.05) is 0 Å². The topological polar surface area (TPSA) is 149 Å². The van der Waals surface area contributed by atoms with Crippen LogP contribution in [0.4, 0.5) is 0 Å². The van der Waals surface area contributed by atoms with Gasteiger partial charge in [-0.3, -0.25) is 9.11 Å². The Kier molecular flexibility index (Phi) is 3.97. The van der Waals surface area contributed by atoms with Gasteiger partial charge in [0, 0.05) is 11.5 Å². The average Bonchev–Trinajstić information content (AvgIpc) is 2.32. The summed E-state index contributed by atoms with van der Waals surface area (Å²) >= 11 is 11.4. The number of rotatable bonds is 2. The maximum Gasteiger partial charge on any atom is 0.297 e. The number of benzene rings is 2. The molecule has 0 bridgehead atoms. The molecule has 0 aliphatic carbocycles. The van der Waals surface area contributed by atoms with Crippen molar-refractivity contribution in [2.24, 2.45) is 0 Å². The summed E-state index contributed by atoms with van der Waals surface area (Å²) in [4.78, 5) is -1.87. The molecule has 120 valence electrons. The molecule has 0 aliphatic rings. The largest absolute Gasteiger partial charge is 0.507 e. The summed E-state index contributed by atoms with van der Waals surface area (Å²) in [7, 11) is -9.71. The molecular formula is C10H6Cl2O8S2. The predicted molar refractivity (Wildman–Crippen MR) is 76.9 cm³/mol. The second-order valence-electron chi connectivity index (χ2n) is 4.12. The molecule has 0 saturated heterocycles. The van der Waals surface area contributed by atoms with Crippen LogP contribution >= 0.6 is 23.2 Å². The fourth-order valence-electron chi connectivity index (χ4n) is 1.83. The van der Waals surface area contributed by atoms with Gasteiger partial charge in [-0.2, -0.15) is 16.8 Å². The molecule has 2 aromatic carbocycles.